The molecule has 0 atom stereocenters. The Morgan fingerprint density at radius 2 is 1.93 bits per heavy atom. The Bertz CT molecular complexity index is 1120. The summed E-state index contributed by atoms with van der Waals surface area (Å²) in [6, 6.07) is 16.3. The van der Waals surface area contributed by atoms with Crippen LogP contribution in [0.3, 0.4) is 0 Å². The number of rotatable bonds is 6. The molecule has 0 aliphatic rings. The van der Waals surface area contributed by atoms with Crippen LogP contribution in [0.5, 0.6) is 0 Å². The second kappa shape index (κ2) is 10.3. The molecule has 4 aromatic rings. The third-order valence-electron chi connectivity index (χ3n) is 4.93. The number of nitrogens with zero attached hydrogens (tertiary/aromatic N) is 2. The monoisotopic (exact) mass is 515 g/mol. The van der Waals surface area contributed by atoms with E-state index in [-0.39, 0.29) is 24.0 Å². The average Bonchev–Trinajstić information content (AvgIpc) is 3.39. The molecule has 2 aromatic heterocycles. The first-order valence-electron chi connectivity index (χ1n) is 9.74. The lowest BCUT2D eigenvalue weighted by Crippen LogP contribution is -2.37. The summed E-state index contributed by atoms with van der Waals surface area (Å²) in [6.07, 6.45) is 4.68. The van der Waals surface area contributed by atoms with Gasteiger partial charge in [0, 0.05) is 36.3 Å². The van der Waals surface area contributed by atoms with Crippen LogP contribution in [0.1, 0.15) is 16.8 Å². The zero-order valence-electron chi connectivity index (χ0n) is 17.1. The van der Waals surface area contributed by atoms with E-state index < -0.39 is 0 Å². The summed E-state index contributed by atoms with van der Waals surface area (Å²) >= 11 is 0. The molecule has 30 heavy (non-hydrogen) atoms. The van der Waals surface area contributed by atoms with E-state index in [0.717, 1.165) is 30.2 Å². The van der Waals surface area contributed by atoms with Gasteiger partial charge in [-0.15, -0.1) is 24.0 Å². The fourth-order valence-corrected chi connectivity index (χ4v) is 3.38. The van der Waals surface area contributed by atoms with Gasteiger partial charge in [0.05, 0.1) is 12.2 Å². The minimum atomic E-state index is 0. The number of aromatic amines is 1. The van der Waals surface area contributed by atoms with Crippen LogP contribution in [0, 0.1) is 6.92 Å². The van der Waals surface area contributed by atoms with Crippen LogP contribution < -0.4 is 10.6 Å². The number of para-hydroxylation sites is 1. The van der Waals surface area contributed by atoms with E-state index in [9.17, 15) is 0 Å². The predicted octanol–water partition coefficient (Wildman–Crippen LogP) is 4.66. The van der Waals surface area contributed by atoms with Crippen molar-refractivity contribution in [2.24, 2.45) is 4.99 Å². The number of hydrogen-bond acceptors (Lipinski definition) is 3. The van der Waals surface area contributed by atoms with E-state index in [0.29, 0.717) is 12.4 Å². The van der Waals surface area contributed by atoms with Crippen molar-refractivity contribution in [2.75, 3.05) is 13.6 Å². The average molecular weight is 515 g/mol. The van der Waals surface area contributed by atoms with Crippen LogP contribution in [0.25, 0.3) is 22.4 Å². The summed E-state index contributed by atoms with van der Waals surface area (Å²) < 4.78 is 5.58. The van der Waals surface area contributed by atoms with Crippen molar-refractivity contribution in [3.05, 3.63) is 77.8 Å². The van der Waals surface area contributed by atoms with E-state index in [1.165, 1.54) is 22.0 Å². The molecule has 0 saturated carbocycles. The van der Waals surface area contributed by atoms with Crippen molar-refractivity contribution in [3.63, 3.8) is 0 Å². The number of oxazole rings is 1. The summed E-state index contributed by atoms with van der Waals surface area (Å²) in [5.41, 5.74) is 5.58. The first-order chi connectivity index (χ1) is 14.2. The zero-order valence-corrected chi connectivity index (χ0v) is 19.4. The molecule has 0 radical (unpaired) electrons. The van der Waals surface area contributed by atoms with E-state index in [4.69, 9.17) is 4.42 Å². The van der Waals surface area contributed by atoms with Crippen LogP contribution in [-0.2, 0) is 13.0 Å². The second-order valence-corrected chi connectivity index (χ2v) is 6.92. The van der Waals surface area contributed by atoms with Gasteiger partial charge in [-0.05, 0) is 36.6 Å². The topological polar surface area (TPSA) is 78.2 Å². The lowest BCUT2D eigenvalue weighted by atomic mass is 10.1. The number of halogens is 1. The molecule has 156 valence electrons. The maximum atomic E-state index is 5.58. The Morgan fingerprint density at radius 3 is 2.73 bits per heavy atom. The van der Waals surface area contributed by atoms with E-state index in [1.807, 2.05) is 30.3 Å². The van der Waals surface area contributed by atoms with Crippen LogP contribution >= 0.6 is 24.0 Å². The molecule has 0 spiro atoms. The van der Waals surface area contributed by atoms with Gasteiger partial charge in [0.15, 0.2) is 5.96 Å². The van der Waals surface area contributed by atoms with Crippen LogP contribution in [-0.4, -0.2) is 29.5 Å². The number of H-pyrrole nitrogens is 1. The standard InChI is InChI=1S/C23H25N5O.HI/c1-16-7-6-10-20-18(13-26-21(16)20)11-12-25-23(24-2)27-14-19-15-29-22(28-19)17-8-4-3-5-9-17;/h3-10,13,15,26H,11-12,14H2,1-2H3,(H2,24,25,27);1H. The Morgan fingerprint density at radius 1 is 1.10 bits per heavy atom. The van der Waals surface area contributed by atoms with Crippen molar-refractivity contribution in [1.82, 2.24) is 20.6 Å². The number of fused-ring (bicyclic) bond motifs is 1. The highest BCUT2D eigenvalue weighted by atomic mass is 127. The number of guanidine groups is 1. The minimum absolute atomic E-state index is 0. The van der Waals surface area contributed by atoms with Gasteiger partial charge in [0.1, 0.15) is 6.26 Å². The van der Waals surface area contributed by atoms with Crippen LogP contribution in [0.15, 0.2) is 70.4 Å². The number of benzene rings is 2. The number of hydrogen-bond donors (Lipinski definition) is 3. The maximum Gasteiger partial charge on any atom is 0.226 e. The first kappa shape index (κ1) is 21.9. The molecule has 0 amide bonds. The highest BCUT2D eigenvalue weighted by Crippen LogP contribution is 2.21. The molecule has 6 nitrogen and oxygen atoms in total. The predicted molar refractivity (Wildman–Crippen MR) is 132 cm³/mol. The molecule has 0 aliphatic carbocycles. The molecule has 0 bridgehead atoms. The molecule has 0 saturated heterocycles. The van der Waals surface area contributed by atoms with Gasteiger partial charge in [0.25, 0.3) is 0 Å². The van der Waals surface area contributed by atoms with Gasteiger partial charge >= 0.3 is 0 Å². The first-order valence-corrected chi connectivity index (χ1v) is 9.74. The summed E-state index contributed by atoms with van der Waals surface area (Å²) in [4.78, 5) is 12.2. The van der Waals surface area contributed by atoms with Crippen molar-refractivity contribution >= 4 is 40.8 Å². The Balaban J connectivity index is 0.00000256. The van der Waals surface area contributed by atoms with Gasteiger partial charge in [-0.1, -0.05) is 36.4 Å². The van der Waals surface area contributed by atoms with E-state index in [1.54, 1.807) is 13.3 Å². The van der Waals surface area contributed by atoms with Gasteiger partial charge in [-0.25, -0.2) is 4.98 Å². The molecule has 0 fully saturated rings. The zero-order chi connectivity index (χ0) is 20.1. The van der Waals surface area contributed by atoms with Crippen molar-refractivity contribution < 1.29 is 4.42 Å². The number of aryl methyl sites for hydroxylation is 1. The van der Waals surface area contributed by atoms with Crippen molar-refractivity contribution in [2.45, 2.75) is 19.9 Å². The third kappa shape index (κ3) is 5.02. The quantitative estimate of drug-likeness (QED) is 0.198. The number of nitrogens with one attached hydrogen (secondary N) is 3. The van der Waals surface area contributed by atoms with Crippen molar-refractivity contribution in [1.29, 1.82) is 0 Å². The summed E-state index contributed by atoms with van der Waals surface area (Å²) in [7, 11) is 1.77. The van der Waals surface area contributed by atoms with Crippen LogP contribution in [0.2, 0.25) is 0 Å². The summed E-state index contributed by atoms with van der Waals surface area (Å²) in [5.74, 6) is 1.37. The largest absolute Gasteiger partial charge is 0.444 e. The van der Waals surface area contributed by atoms with Crippen molar-refractivity contribution in [3.8, 4) is 11.5 Å². The lowest BCUT2D eigenvalue weighted by Gasteiger charge is -2.10. The summed E-state index contributed by atoms with van der Waals surface area (Å²) in [5, 5.41) is 7.93. The molecule has 0 unspecified atom stereocenters. The maximum absolute atomic E-state index is 5.58. The molecule has 2 aromatic carbocycles. The molecule has 2 heterocycles. The number of aromatic nitrogens is 2. The Hall–Kier alpha value is -2.81. The number of aliphatic imine (C=N–C) groups is 1. The van der Waals surface area contributed by atoms with Gasteiger partial charge < -0.3 is 20.0 Å². The SMILES string of the molecule is CN=C(NCCc1c[nH]c2c(C)cccc12)NCc1coc(-c2ccccc2)n1.I. The normalized spacial score (nSPS) is 11.3. The second-order valence-electron chi connectivity index (χ2n) is 6.92. The molecule has 0 aliphatic heterocycles. The molecule has 4 rings (SSSR count). The molecule has 3 N–H and O–H groups in total. The molecule has 7 heteroatoms. The van der Waals surface area contributed by atoms with E-state index in [2.05, 4.69) is 56.9 Å². The fraction of sp³-hybridized carbons (Fsp3) is 0.217. The highest BCUT2D eigenvalue weighted by Gasteiger charge is 2.08. The molecular formula is C23H26IN5O. The van der Waals surface area contributed by atoms with Gasteiger partial charge in [0.2, 0.25) is 5.89 Å². The minimum Gasteiger partial charge on any atom is -0.444 e. The fourth-order valence-electron chi connectivity index (χ4n) is 3.38. The molecular weight excluding hydrogens is 489 g/mol. The summed E-state index contributed by atoms with van der Waals surface area (Å²) in [6.45, 7) is 3.46. The Kier molecular flexibility index (Phi) is 7.51. The third-order valence-corrected chi connectivity index (χ3v) is 4.93. The lowest BCUT2D eigenvalue weighted by molar-refractivity contribution is 0.572. The van der Waals surface area contributed by atoms with Gasteiger partial charge in [-0.2, -0.15) is 0 Å². The van der Waals surface area contributed by atoms with E-state index >= 15 is 0 Å². The van der Waals surface area contributed by atoms with Gasteiger partial charge in [-0.3, -0.25) is 4.99 Å². The smallest absolute Gasteiger partial charge is 0.226 e. The van der Waals surface area contributed by atoms with Crippen LogP contribution in [0.4, 0.5) is 0 Å². The highest BCUT2D eigenvalue weighted by molar-refractivity contribution is 14.0. The Labute approximate surface area is 193 Å².